The first-order valence-corrected chi connectivity index (χ1v) is 10.4. The van der Waals surface area contributed by atoms with Crippen LogP contribution in [-0.2, 0) is 9.84 Å². The monoisotopic (exact) mass is 387 g/mol. The fourth-order valence-corrected chi connectivity index (χ4v) is 4.81. The first-order valence-electron chi connectivity index (χ1n) is 8.57. The maximum absolute atomic E-state index is 12.7. The normalized spacial score (nSPS) is 18.1. The largest absolute Gasteiger partial charge is 0.355 e. The molecule has 2 heterocycles. The number of benzene rings is 1. The van der Waals surface area contributed by atoms with Crippen molar-refractivity contribution in [1.29, 1.82) is 0 Å². The van der Waals surface area contributed by atoms with Crippen molar-refractivity contribution in [2.75, 3.05) is 23.9 Å². The van der Waals surface area contributed by atoms with Gasteiger partial charge >= 0.3 is 0 Å². The van der Waals surface area contributed by atoms with Crippen molar-refractivity contribution in [2.24, 2.45) is 0 Å². The molecule has 1 amide bonds. The number of amides is 1. The van der Waals surface area contributed by atoms with Crippen molar-refractivity contribution in [3.63, 3.8) is 0 Å². The predicted molar refractivity (Wildman–Crippen MR) is 103 cm³/mol. The van der Waals surface area contributed by atoms with Crippen LogP contribution >= 0.6 is 0 Å². The molecule has 27 heavy (non-hydrogen) atoms. The number of hydrogen-bond acceptors (Lipinski definition) is 6. The minimum Gasteiger partial charge on any atom is -0.355 e. The molecule has 0 radical (unpaired) electrons. The highest BCUT2D eigenvalue weighted by atomic mass is 32.2. The van der Waals surface area contributed by atoms with Crippen LogP contribution in [-0.4, -0.2) is 54.6 Å². The van der Waals surface area contributed by atoms with Gasteiger partial charge in [-0.25, -0.2) is 8.42 Å². The average Bonchev–Trinajstić information content (AvgIpc) is 3.00. The van der Waals surface area contributed by atoms with E-state index >= 15 is 0 Å². The van der Waals surface area contributed by atoms with Gasteiger partial charge in [0.1, 0.15) is 5.69 Å². The molecular formula is C19H21N3O4S. The number of aromatic nitrogens is 1. The number of rotatable bonds is 5. The highest BCUT2D eigenvalue weighted by Gasteiger charge is 2.33. The lowest BCUT2D eigenvalue weighted by Crippen LogP contribution is -2.38. The highest BCUT2D eigenvalue weighted by molar-refractivity contribution is 7.91. The molecule has 2 aromatic rings. The summed E-state index contributed by atoms with van der Waals surface area (Å²) in [6, 6.07) is 10.1. The second-order valence-electron chi connectivity index (χ2n) is 6.66. The maximum atomic E-state index is 12.7. The Kier molecular flexibility index (Phi) is 5.27. The standard InChI is InChI=1S/C19H21N3O4S/c1-13(23)14-4-3-5-15(10-14)21-16-6-8-20-18(11-16)19(24)22(2)17-7-9-27(25,26)12-17/h3-6,8,10-11,17H,7,9,12H2,1-2H3,(H,20,21). The number of ketones is 1. The van der Waals surface area contributed by atoms with Gasteiger partial charge in [-0.15, -0.1) is 0 Å². The van der Waals surface area contributed by atoms with E-state index in [0.717, 1.165) is 5.69 Å². The minimum absolute atomic E-state index is 0.00891. The Hall–Kier alpha value is -2.74. The van der Waals surface area contributed by atoms with Gasteiger partial charge in [0.15, 0.2) is 15.6 Å². The molecule has 0 saturated carbocycles. The van der Waals surface area contributed by atoms with E-state index in [1.807, 2.05) is 6.07 Å². The van der Waals surface area contributed by atoms with Crippen molar-refractivity contribution in [2.45, 2.75) is 19.4 Å². The number of nitrogens with one attached hydrogen (secondary N) is 1. The Balaban J connectivity index is 1.76. The van der Waals surface area contributed by atoms with Crippen LogP contribution in [0.3, 0.4) is 0 Å². The van der Waals surface area contributed by atoms with Crippen LogP contribution in [0.5, 0.6) is 0 Å². The SMILES string of the molecule is CC(=O)c1cccc(Nc2ccnc(C(=O)N(C)C3CCS(=O)(=O)C3)c2)c1. The lowest BCUT2D eigenvalue weighted by atomic mass is 10.1. The smallest absolute Gasteiger partial charge is 0.272 e. The van der Waals surface area contributed by atoms with Crippen molar-refractivity contribution in [3.05, 3.63) is 53.9 Å². The lowest BCUT2D eigenvalue weighted by Gasteiger charge is -2.23. The Labute approximate surface area is 158 Å². The zero-order chi connectivity index (χ0) is 19.6. The van der Waals surface area contributed by atoms with Crippen molar-refractivity contribution in [3.8, 4) is 0 Å². The number of anilines is 2. The summed E-state index contributed by atoms with van der Waals surface area (Å²) < 4.78 is 23.3. The van der Waals surface area contributed by atoms with E-state index in [0.29, 0.717) is 17.7 Å². The van der Waals surface area contributed by atoms with Crippen LogP contribution in [0.2, 0.25) is 0 Å². The minimum atomic E-state index is -3.07. The van der Waals surface area contributed by atoms with E-state index in [1.165, 1.54) is 18.0 Å². The Morgan fingerprint density at radius 3 is 2.59 bits per heavy atom. The lowest BCUT2D eigenvalue weighted by molar-refractivity contribution is 0.0741. The van der Waals surface area contributed by atoms with Gasteiger partial charge in [-0.05, 0) is 37.6 Å². The van der Waals surface area contributed by atoms with Gasteiger partial charge in [-0.3, -0.25) is 14.6 Å². The number of hydrogen-bond donors (Lipinski definition) is 1. The van der Waals surface area contributed by atoms with Crippen LogP contribution < -0.4 is 5.32 Å². The topological polar surface area (TPSA) is 96.4 Å². The summed E-state index contributed by atoms with van der Waals surface area (Å²) in [7, 11) is -1.47. The molecule has 1 aromatic heterocycles. The number of pyridine rings is 1. The second-order valence-corrected chi connectivity index (χ2v) is 8.89. The number of nitrogens with zero attached hydrogens (tertiary/aromatic N) is 2. The summed E-state index contributed by atoms with van der Waals surface area (Å²) in [6.07, 6.45) is 1.96. The van der Waals surface area contributed by atoms with Gasteiger partial charge in [0.05, 0.1) is 11.5 Å². The molecule has 8 heteroatoms. The third-order valence-electron chi connectivity index (χ3n) is 4.61. The molecule has 1 fully saturated rings. The molecule has 0 bridgehead atoms. The van der Waals surface area contributed by atoms with Crippen LogP contribution in [0.25, 0.3) is 0 Å². The van der Waals surface area contributed by atoms with E-state index in [-0.39, 0.29) is 34.9 Å². The summed E-state index contributed by atoms with van der Waals surface area (Å²) in [6.45, 7) is 1.50. The van der Waals surface area contributed by atoms with Gasteiger partial charge in [-0.1, -0.05) is 12.1 Å². The average molecular weight is 387 g/mol. The molecule has 1 aliphatic heterocycles. The van der Waals surface area contributed by atoms with E-state index in [4.69, 9.17) is 0 Å². The molecule has 142 valence electrons. The van der Waals surface area contributed by atoms with Crippen LogP contribution in [0.4, 0.5) is 11.4 Å². The molecule has 1 saturated heterocycles. The van der Waals surface area contributed by atoms with Crippen molar-refractivity contribution < 1.29 is 18.0 Å². The molecule has 7 nitrogen and oxygen atoms in total. The van der Waals surface area contributed by atoms with E-state index in [1.54, 1.807) is 37.4 Å². The molecular weight excluding hydrogens is 366 g/mol. The third-order valence-corrected chi connectivity index (χ3v) is 6.36. The van der Waals surface area contributed by atoms with Crippen LogP contribution in [0, 0.1) is 0 Å². The van der Waals surface area contributed by atoms with Gasteiger partial charge in [-0.2, -0.15) is 0 Å². The maximum Gasteiger partial charge on any atom is 0.272 e. The molecule has 1 unspecified atom stereocenters. The number of Topliss-reactive ketones (excluding diaryl/α,β-unsaturated/α-hetero) is 1. The summed E-state index contributed by atoms with van der Waals surface area (Å²) in [5.74, 6) is -0.252. The molecule has 1 N–H and O–H groups in total. The quantitative estimate of drug-likeness (QED) is 0.791. The highest BCUT2D eigenvalue weighted by Crippen LogP contribution is 2.21. The Morgan fingerprint density at radius 2 is 1.93 bits per heavy atom. The fourth-order valence-electron chi connectivity index (χ4n) is 3.04. The summed E-state index contributed by atoms with van der Waals surface area (Å²) in [4.78, 5) is 29.8. The number of carbonyl (C=O) groups is 2. The molecule has 0 aliphatic carbocycles. The van der Waals surface area contributed by atoms with E-state index in [9.17, 15) is 18.0 Å². The van der Waals surface area contributed by atoms with Gasteiger partial charge < -0.3 is 10.2 Å². The molecule has 0 spiro atoms. The van der Waals surface area contributed by atoms with Crippen LogP contribution in [0.1, 0.15) is 34.2 Å². The first-order chi connectivity index (χ1) is 12.7. The zero-order valence-electron chi connectivity index (χ0n) is 15.2. The number of carbonyl (C=O) groups excluding carboxylic acids is 2. The fraction of sp³-hybridized carbons (Fsp3) is 0.316. The Bertz CT molecular complexity index is 988. The Morgan fingerprint density at radius 1 is 1.19 bits per heavy atom. The van der Waals surface area contributed by atoms with Crippen molar-refractivity contribution >= 4 is 32.9 Å². The van der Waals surface area contributed by atoms with Crippen LogP contribution in [0.15, 0.2) is 42.6 Å². The molecule has 3 rings (SSSR count). The van der Waals surface area contributed by atoms with E-state index in [2.05, 4.69) is 10.3 Å². The van der Waals surface area contributed by atoms with Gasteiger partial charge in [0, 0.05) is 36.2 Å². The molecule has 1 aliphatic rings. The molecule has 1 aromatic carbocycles. The predicted octanol–water partition coefficient (Wildman–Crippen LogP) is 2.29. The summed E-state index contributed by atoms with van der Waals surface area (Å²) in [5.41, 5.74) is 2.20. The summed E-state index contributed by atoms with van der Waals surface area (Å²) in [5, 5.41) is 3.16. The second kappa shape index (κ2) is 7.48. The van der Waals surface area contributed by atoms with Gasteiger partial charge in [0.25, 0.3) is 5.91 Å². The summed E-state index contributed by atoms with van der Waals surface area (Å²) >= 11 is 0. The zero-order valence-corrected chi connectivity index (χ0v) is 16.0. The third kappa shape index (κ3) is 4.51. The first kappa shape index (κ1) is 19.0. The molecule has 1 atom stereocenters. The number of sulfone groups is 1. The van der Waals surface area contributed by atoms with Gasteiger partial charge in [0.2, 0.25) is 0 Å². The van der Waals surface area contributed by atoms with Crippen molar-refractivity contribution in [1.82, 2.24) is 9.88 Å². The van der Waals surface area contributed by atoms with E-state index < -0.39 is 9.84 Å².